The Hall–Kier alpha value is -1.84. The van der Waals surface area contributed by atoms with E-state index in [2.05, 4.69) is 13.8 Å². The van der Waals surface area contributed by atoms with Crippen LogP contribution in [-0.2, 0) is 9.47 Å². The molecule has 4 heteroatoms. The maximum atomic E-state index is 12.1. The molecule has 0 atom stereocenters. The van der Waals surface area contributed by atoms with Crippen molar-refractivity contribution >= 4 is 11.9 Å². The Morgan fingerprint density at radius 1 is 1.04 bits per heavy atom. The lowest BCUT2D eigenvalue weighted by Crippen LogP contribution is -2.17. The maximum absolute atomic E-state index is 12.1. The second-order valence-electron chi connectivity index (χ2n) is 6.10. The molecule has 0 saturated carbocycles. The van der Waals surface area contributed by atoms with Crippen molar-refractivity contribution in [2.75, 3.05) is 6.61 Å². The van der Waals surface area contributed by atoms with Gasteiger partial charge in [0.2, 0.25) is 0 Å². The molecule has 0 radical (unpaired) electrons. The third-order valence-corrected chi connectivity index (χ3v) is 3.68. The molecule has 0 aliphatic carbocycles. The third-order valence-electron chi connectivity index (χ3n) is 3.68. The third kappa shape index (κ3) is 6.85. The number of carbonyl (C=O) groups is 2. The van der Waals surface area contributed by atoms with Crippen LogP contribution < -0.4 is 0 Å². The standard InChI is InChI=1S/C19H28O4/c1-5-17(6-2)23-19(21)16-11-7-10-15(13-16)18(20)22-12-8-9-14(3)4/h7,10-11,13-14,17H,5-6,8-9,12H2,1-4H3. The van der Waals surface area contributed by atoms with Gasteiger partial charge in [-0.1, -0.05) is 33.8 Å². The highest BCUT2D eigenvalue weighted by molar-refractivity contribution is 5.95. The lowest BCUT2D eigenvalue weighted by atomic mass is 10.1. The summed E-state index contributed by atoms with van der Waals surface area (Å²) in [6.07, 6.45) is 3.34. The summed E-state index contributed by atoms with van der Waals surface area (Å²) >= 11 is 0. The summed E-state index contributed by atoms with van der Waals surface area (Å²) in [7, 11) is 0. The van der Waals surface area contributed by atoms with Crippen molar-refractivity contribution in [3.63, 3.8) is 0 Å². The van der Waals surface area contributed by atoms with Gasteiger partial charge in [0.15, 0.2) is 0 Å². The summed E-state index contributed by atoms with van der Waals surface area (Å²) in [6.45, 7) is 8.63. The number of benzene rings is 1. The van der Waals surface area contributed by atoms with Gasteiger partial charge in [-0.2, -0.15) is 0 Å². The Balaban J connectivity index is 2.61. The van der Waals surface area contributed by atoms with Crippen LogP contribution in [0.2, 0.25) is 0 Å². The number of esters is 2. The van der Waals surface area contributed by atoms with Gasteiger partial charge in [0.25, 0.3) is 0 Å². The quantitative estimate of drug-likeness (QED) is 0.492. The van der Waals surface area contributed by atoms with E-state index in [0.29, 0.717) is 23.7 Å². The fourth-order valence-corrected chi connectivity index (χ4v) is 2.19. The summed E-state index contributed by atoms with van der Waals surface area (Å²) < 4.78 is 10.6. The van der Waals surface area contributed by atoms with Gasteiger partial charge in [0.05, 0.1) is 17.7 Å². The highest BCUT2D eigenvalue weighted by atomic mass is 16.5. The summed E-state index contributed by atoms with van der Waals surface area (Å²) in [6, 6.07) is 6.52. The predicted molar refractivity (Wildman–Crippen MR) is 90.6 cm³/mol. The van der Waals surface area contributed by atoms with Gasteiger partial charge < -0.3 is 9.47 Å². The molecule has 1 aromatic carbocycles. The number of rotatable bonds is 9. The largest absolute Gasteiger partial charge is 0.462 e. The summed E-state index contributed by atoms with van der Waals surface area (Å²) in [5.74, 6) is -0.198. The van der Waals surface area contributed by atoms with Crippen molar-refractivity contribution in [3.8, 4) is 0 Å². The molecule has 0 aliphatic heterocycles. The van der Waals surface area contributed by atoms with Crippen LogP contribution in [0.15, 0.2) is 24.3 Å². The molecule has 4 nitrogen and oxygen atoms in total. The molecule has 0 bridgehead atoms. The Kier molecular flexibility index (Phi) is 8.38. The van der Waals surface area contributed by atoms with Crippen molar-refractivity contribution in [1.29, 1.82) is 0 Å². The van der Waals surface area contributed by atoms with E-state index in [4.69, 9.17) is 9.47 Å². The molecule has 0 heterocycles. The topological polar surface area (TPSA) is 52.6 Å². The Morgan fingerprint density at radius 3 is 2.22 bits per heavy atom. The molecule has 0 amide bonds. The van der Waals surface area contributed by atoms with E-state index in [1.54, 1.807) is 18.2 Å². The molecule has 0 spiro atoms. The zero-order chi connectivity index (χ0) is 17.2. The Morgan fingerprint density at radius 2 is 1.65 bits per heavy atom. The lowest BCUT2D eigenvalue weighted by Gasteiger charge is -2.14. The van der Waals surface area contributed by atoms with E-state index >= 15 is 0 Å². The fourth-order valence-electron chi connectivity index (χ4n) is 2.19. The zero-order valence-electron chi connectivity index (χ0n) is 14.6. The molecule has 1 aromatic rings. The fraction of sp³-hybridized carbons (Fsp3) is 0.579. The van der Waals surface area contributed by atoms with Gasteiger partial charge in [-0.3, -0.25) is 0 Å². The molecule has 1 rings (SSSR count). The predicted octanol–water partition coefficient (Wildman–Crippen LogP) is 4.63. The first-order valence-corrected chi connectivity index (χ1v) is 8.46. The normalized spacial score (nSPS) is 10.9. The molecule has 128 valence electrons. The molecule has 0 unspecified atom stereocenters. The van der Waals surface area contributed by atoms with E-state index in [9.17, 15) is 9.59 Å². The molecule has 23 heavy (non-hydrogen) atoms. The average molecular weight is 320 g/mol. The van der Waals surface area contributed by atoms with Gasteiger partial charge in [-0.15, -0.1) is 0 Å². The first-order valence-electron chi connectivity index (χ1n) is 8.46. The summed E-state index contributed by atoms with van der Waals surface area (Å²) in [4.78, 5) is 24.1. The van der Waals surface area contributed by atoms with E-state index in [-0.39, 0.29) is 6.10 Å². The maximum Gasteiger partial charge on any atom is 0.338 e. The molecule has 0 saturated heterocycles. The molecule has 0 N–H and O–H groups in total. The van der Waals surface area contributed by atoms with Gasteiger partial charge in [0, 0.05) is 0 Å². The second-order valence-corrected chi connectivity index (χ2v) is 6.10. The molecular formula is C19H28O4. The van der Waals surface area contributed by atoms with Crippen LogP contribution in [0, 0.1) is 5.92 Å². The molecule has 0 fully saturated rings. The van der Waals surface area contributed by atoms with Crippen molar-refractivity contribution < 1.29 is 19.1 Å². The van der Waals surface area contributed by atoms with E-state index < -0.39 is 11.9 Å². The van der Waals surface area contributed by atoms with Crippen molar-refractivity contribution in [1.82, 2.24) is 0 Å². The van der Waals surface area contributed by atoms with Gasteiger partial charge in [-0.25, -0.2) is 9.59 Å². The number of carbonyl (C=O) groups excluding carboxylic acids is 2. The van der Waals surface area contributed by atoms with Gasteiger partial charge >= 0.3 is 11.9 Å². The Labute approximate surface area is 139 Å². The molecule has 0 aliphatic rings. The van der Waals surface area contributed by atoms with Gasteiger partial charge in [-0.05, 0) is 49.8 Å². The lowest BCUT2D eigenvalue weighted by molar-refractivity contribution is 0.0284. The minimum absolute atomic E-state index is 0.0888. The van der Waals surface area contributed by atoms with Crippen LogP contribution in [0.4, 0.5) is 0 Å². The highest BCUT2D eigenvalue weighted by Gasteiger charge is 2.15. The SMILES string of the molecule is CCC(CC)OC(=O)c1cccc(C(=O)OCCCC(C)C)c1. The Bertz CT molecular complexity index is 504. The number of ether oxygens (including phenoxy) is 2. The summed E-state index contributed by atoms with van der Waals surface area (Å²) in [5.41, 5.74) is 0.766. The number of hydrogen-bond donors (Lipinski definition) is 0. The van der Waals surface area contributed by atoms with Crippen molar-refractivity contribution in [3.05, 3.63) is 35.4 Å². The van der Waals surface area contributed by atoms with Crippen molar-refractivity contribution in [2.45, 2.75) is 59.5 Å². The highest BCUT2D eigenvalue weighted by Crippen LogP contribution is 2.12. The molecular weight excluding hydrogens is 292 g/mol. The molecule has 0 aromatic heterocycles. The van der Waals surface area contributed by atoms with Gasteiger partial charge in [0.1, 0.15) is 6.10 Å². The zero-order valence-corrected chi connectivity index (χ0v) is 14.6. The minimum Gasteiger partial charge on any atom is -0.462 e. The van der Waals surface area contributed by atoms with Crippen molar-refractivity contribution in [2.24, 2.45) is 5.92 Å². The van der Waals surface area contributed by atoms with E-state index in [1.165, 1.54) is 6.07 Å². The van der Waals surface area contributed by atoms with Crippen LogP contribution in [0.5, 0.6) is 0 Å². The summed E-state index contributed by atoms with van der Waals surface area (Å²) in [5, 5.41) is 0. The first-order chi connectivity index (χ1) is 11.0. The van der Waals surface area contributed by atoms with Crippen LogP contribution in [-0.4, -0.2) is 24.6 Å². The smallest absolute Gasteiger partial charge is 0.338 e. The van der Waals surface area contributed by atoms with E-state index in [1.807, 2.05) is 13.8 Å². The minimum atomic E-state index is -0.397. The average Bonchev–Trinajstić information content (AvgIpc) is 2.56. The van der Waals surface area contributed by atoms with Crippen LogP contribution in [0.1, 0.15) is 74.1 Å². The number of hydrogen-bond acceptors (Lipinski definition) is 4. The van der Waals surface area contributed by atoms with E-state index in [0.717, 1.165) is 25.7 Å². The monoisotopic (exact) mass is 320 g/mol. The second kappa shape index (κ2) is 10.0. The first kappa shape index (κ1) is 19.2. The van der Waals surface area contributed by atoms with Crippen LogP contribution >= 0.6 is 0 Å². The van der Waals surface area contributed by atoms with Crippen LogP contribution in [0.25, 0.3) is 0 Å². The van der Waals surface area contributed by atoms with Crippen LogP contribution in [0.3, 0.4) is 0 Å².